The molecule has 1 aromatic carbocycles. The average molecular weight is 325 g/mol. The van der Waals surface area contributed by atoms with Gasteiger partial charge in [-0.15, -0.1) is 0 Å². The molecule has 4 nitrogen and oxygen atoms in total. The third kappa shape index (κ3) is 6.33. The summed E-state index contributed by atoms with van der Waals surface area (Å²) in [5, 5.41) is 17.1. The predicted octanol–water partition coefficient (Wildman–Crippen LogP) is 3.19. The van der Waals surface area contributed by atoms with Crippen LogP contribution in [0.15, 0.2) is 35.2 Å². The zero-order valence-corrected chi connectivity index (χ0v) is 12.0. The monoisotopic (exact) mass is 325 g/mol. The highest BCUT2D eigenvalue weighted by Crippen LogP contribution is 2.36. The van der Waals surface area contributed by atoms with Crippen LogP contribution in [0, 0.1) is 22.7 Å². The molecule has 22 heavy (non-hydrogen) atoms. The summed E-state index contributed by atoms with van der Waals surface area (Å²) in [6, 6.07) is 9.02. The molecule has 8 heteroatoms. The fraction of sp³-hybridized carbons (Fsp3) is 0.214. The predicted molar refractivity (Wildman–Crippen MR) is 75.2 cm³/mol. The molecule has 0 aliphatic rings. The van der Waals surface area contributed by atoms with E-state index in [9.17, 15) is 18.0 Å². The minimum absolute atomic E-state index is 0.0477. The van der Waals surface area contributed by atoms with Gasteiger partial charge in [0, 0.05) is 11.0 Å². The maximum absolute atomic E-state index is 12.2. The van der Waals surface area contributed by atoms with E-state index >= 15 is 0 Å². The smallest absolute Gasteiger partial charge is 0.313 e. The SMILES string of the molecule is N#CCN(CC#N)C(=O)C=Cc1ccc(SC(F)(F)F)cc1. The number of benzene rings is 1. The van der Waals surface area contributed by atoms with Crippen LogP contribution in [-0.2, 0) is 4.79 Å². The Morgan fingerprint density at radius 2 is 1.73 bits per heavy atom. The molecular weight excluding hydrogens is 315 g/mol. The van der Waals surface area contributed by atoms with Gasteiger partial charge in [0.15, 0.2) is 0 Å². The first-order valence-corrected chi connectivity index (χ1v) is 6.74. The second-order valence-corrected chi connectivity index (χ2v) is 5.10. The Balaban J connectivity index is 2.72. The Morgan fingerprint density at radius 3 is 2.18 bits per heavy atom. The van der Waals surface area contributed by atoms with E-state index in [-0.39, 0.29) is 29.7 Å². The number of alkyl halides is 3. The summed E-state index contributed by atoms with van der Waals surface area (Å²) in [5.74, 6) is -0.517. The van der Waals surface area contributed by atoms with Crippen LogP contribution in [0.4, 0.5) is 13.2 Å². The molecule has 114 valence electrons. The highest BCUT2D eigenvalue weighted by atomic mass is 32.2. The maximum Gasteiger partial charge on any atom is 0.446 e. The lowest BCUT2D eigenvalue weighted by atomic mass is 10.2. The van der Waals surface area contributed by atoms with Crippen LogP contribution in [0.2, 0.25) is 0 Å². The molecule has 0 heterocycles. The minimum atomic E-state index is -4.34. The van der Waals surface area contributed by atoms with Crippen molar-refractivity contribution in [3.8, 4) is 12.1 Å². The second kappa shape index (κ2) is 8.11. The Kier molecular flexibility index (Phi) is 6.48. The van der Waals surface area contributed by atoms with Gasteiger partial charge in [-0.1, -0.05) is 12.1 Å². The lowest BCUT2D eigenvalue weighted by Crippen LogP contribution is -2.30. The van der Waals surface area contributed by atoms with Crippen molar-refractivity contribution in [2.75, 3.05) is 13.1 Å². The lowest BCUT2D eigenvalue weighted by Gasteiger charge is -2.12. The zero-order valence-electron chi connectivity index (χ0n) is 11.2. The summed E-state index contributed by atoms with van der Waals surface area (Å²) >= 11 is -0.219. The number of nitrogens with zero attached hydrogens (tertiary/aromatic N) is 3. The Hall–Kier alpha value is -2.45. The highest BCUT2D eigenvalue weighted by Gasteiger charge is 2.28. The van der Waals surface area contributed by atoms with Gasteiger partial charge in [0.05, 0.1) is 12.1 Å². The Bertz CT molecular complexity index is 611. The van der Waals surface area contributed by atoms with Gasteiger partial charge < -0.3 is 4.90 Å². The fourth-order valence-corrected chi connectivity index (χ4v) is 1.98. The van der Waals surface area contributed by atoms with Gasteiger partial charge in [-0.25, -0.2) is 0 Å². The van der Waals surface area contributed by atoms with Crippen molar-refractivity contribution in [2.45, 2.75) is 10.4 Å². The van der Waals surface area contributed by atoms with Gasteiger partial charge in [0.2, 0.25) is 5.91 Å². The van der Waals surface area contributed by atoms with Crippen molar-refractivity contribution in [3.63, 3.8) is 0 Å². The van der Waals surface area contributed by atoms with Crippen molar-refractivity contribution in [3.05, 3.63) is 35.9 Å². The number of hydrogen-bond acceptors (Lipinski definition) is 4. The topological polar surface area (TPSA) is 67.9 Å². The lowest BCUT2D eigenvalue weighted by molar-refractivity contribution is -0.124. The number of hydrogen-bond donors (Lipinski definition) is 0. The average Bonchev–Trinajstić information content (AvgIpc) is 2.44. The summed E-state index contributed by atoms with van der Waals surface area (Å²) in [6.07, 6.45) is 2.58. The van der Waals surface area contributed by atoms with E-state index in [1.54, 1.807) is 12.1 Å². The number of nitriles is 2. The third-order valence-corrected chi connectivity index (χ3v) is 3.11. The van der Waals surface area contributed by atoms with Crippen molar-refractivity contribution in [2.24, 2.45) is 0 Å². The van der Waals surface area contributed by atoms with Gasteiger partial charge in [-0.2, -0.15) is 23.7 Å². The van der Waals surface area contributed by atoms with Gasteiger partial charge >= 0.3 is 5.51 Å². The summed E-state index contributed by atoms with van der Waals surface area (Å²) in [7, 11) is 0. The van der Waals surface area contributed by atoms with E-state index in [1.165, 1.54) is 36.4 Å². The fourth-order valence-electron chi connectivity index (χ4n) is 1.44. The minimum Gasteiger partial charge on any atom is -0.313 e. The summed E-state index contributed by atoms with van der Waals surface area (Å²) in [5.41, 5.74) is -3.81. The number of carbonyl (C=O) groups is 1. The molecule has 0 aromatic heterocycles. The maximum atomic E-state index is 12.2. The van der Waals surface area contributed by atoms with Gasteiger partial charge in [0.1, 0.15) is 13.1 Å². The van der Waals surface area contributed by atoms with Crippen LogP contribution >= 0.6 is 11.8 Å². The molecule has 0 saturated heterocycles. The number of thioether (sulfide) groups is 1. The summed E-state index contributed by atoms with van der Waals surface area (Å²) in [6.45, 7) is -0.421. The molecule has 0 bridgehead atoms. The van der Waals surface area contributed by atoms with Crippen molar-refractivity contribution >= 4 is 23.7 Å². The molecule has 0 fully saturated rings. The van der Waals surface area contributed by atoms with Crippen molar-refractivity contribution in [1.82, 2.24) is 4.90 Å². The molecule has 0 radical (unpaired) electrons. The van der Waals surface area contributed by atoms with E-state index in [4.69, 9.17) is 10.5 Å². The van der Waals surface area contributed by atoms with E-state index in [0.717, 1.165) is 4.90 Å². The van der Waals surface area contributed by atoms with E-state index in [0.29, 0.717) is 5.56 Å². The van der Waals surface area contributed by atoms with Crippen LogP contribution in [0.1, 0.15) is 5.56 Å². The molecule has 0 spiro atoms. The van der Waals surface area contributed by atoms with Crippen molar-refractivity contribution in [1.29, 1.82) is 10.5 Å². The van der Waals surface area contributed by atoms with Gasteiger partial charge in [0.25, 0.3) is 0 Å². The molecule has 0 aliphatic heterocycles. The number of amides is 1. The van der Waals surface area contributed by atoms with Crippen LogP contribution < -0.4 is 0 Å². The molecule has 0 atom stereocenters. The van der Waals surface area contributed by atoms with Gasteiger partial charge in [-0.3, -0.25) is 4.79 Å². The van der Waals surface area contributed by atoms with Crippen molar-refractivity contribution < 1.29 is 18.0 Å². The first-order chi connectivity index (χ1) is 10.4. The molecule has 1 amide bonds. The van der Waals surface area contributed by atoms with Gasteiger partial charge in [-0.05, 0) is 35.5 Å². The molecule has 1 rings (SSSR count). The highest BCUT2D eigenvalue weighted by molar-refractivity contribution is 8.00. The van der Waals surface area contributed by atoms with Crippen LogP contribution in [0.3, 0.4) is 0 Å². The molecule has 0 N–H and O–H groups in total. The standard InChI is InChI=1S/C14H10F3N3OS/c15-14(16,17)22-12-4-1-11(2-5-12)3-6-13(21)20(9-7-18)10-8-19/h1-6H,9-10H2. The van der Waals surface area contributed by atoms with E-state index in [1.807, 2.05) is 0 Å². The number of carbonyl (C=O) groups excluding carboxylic acids is 1. The number of rotatable bonds is 5. The zero-order chi connectivity index (χ0) is 16.6. The Morgan fingerprint density at radius 1 is 1.18 bits per heavy atom. The quantitative estimate of drug-likeness (QED) is 0.474. The normalized spacial score (nSPS) is 11.0. The van der Waals surface area contributed by atoms with Crippen LogP contribution in [0.25, 0.3) is 6.08 Å². The summed E-state index contributed by atoms with van der Waals surface area (Å²) < 4.78 is 36.5. The van der Waals surface area contributed by atoms with Crippen LogP contribution in [-0.4, -0.2) is 29.4 Å². The molecule has 0 saturated carbocycles. The largest absolute Gasteiger partial charge is 0.446 e. The Labute approximate surface area is 129 Å². The molecular formula is C14H10F3N3OS. The number of halogens is 3. The van der Waals surface area contributed by atoms with Crippen LogP contribution in [0.5, 0.6) is 0 Å². The summed E-state index contributed by atoms with van der Waals surface area (Å²) in [4.78, 5) is 12.8. The molecule has 0 aliphatic carbocycles. The molecule has 1 aromatic rings. The second-order valence-electron chi connectivity index (χ2n) is 3.96. The van der Waals surface area contributed by atoms with E-state index in [2.05, 4.69) is 0 Å². The first kappa shape index (κ1) is 17.6. The van der Waals surface area contributed by atoms with E-state index < -0.39 is 11.4 Å². The third-order valence-electron chi connectivity index (χ3n) is 2.37. The molecule has 0 unspecified atom stereocenters. The first-order valence-electron chi connectivity index (χ1n) is 5.92.